The Labute approximate surface area is 225 Å². The van der Waals surface area contributed by atoms with E-state index in [1.165, 1.54) is 25.3 Å². The zero-order valence-corrected chi connectivity index (χ0v) is 21.5. The first-order valence-electron chi connectivity index (χ1n) is 12.0. The predicted molar refractivity (Wildman–Crippen MR) is 144 cm³/mol. The molecule has 39 heavy (non-hydrogen) atoms. The van der Waals surface area contributed by atoms with Crippen LogP contribution in [-0.2, 0) is 19.8 Å². The molecular weight excluding hydrogens is 502 g/mol. The largest absolute Gasteiger partial charge is 0.493 e. The first kappa shape index (κ1) is 27.0. The molecule has 0 N–H and O–H groups in total. The predicted octanol–water partition coefficient (Wildman–Crippen LogP) is 6.16. The third-order valence-corrected chi connectivity index (χ3v) is 5.83. The summed E-state index contributed by atoms with van der Waals surface area (Å²) in [5.41, 5.74) is 2.43. The van der Waals surface area contributed by atoms with Gasteiger partial charge in [0.1, 0.15) is 31.9 Å². The molecule has 0 atom stereocenters. The molecule has 0 aliphatic carbocycles. The molecule has 200 valence electrons. The fourth-order valence-corrected chi connectivity index (χ4v) is 3.81. The maximum Gasteiger partial charge on any atom is 0.276 e. The van der Waals surface area contributed by atoms with Crippen molar-refractivity contribution in [3.63, 3.8) is 0 Å². The molecule has 0 bridgehead atoms. The van der Waals surface area contributed by atoms with Gasteiger partial charge in [0.25, 0.3) is 5.69 Å². The fourth-order valence-electron chi connectivity index (χ4n) is 3.81. The fraction of sp³-hybridized carbons (Fsp3) is 0.167. The van der Waals surface area contributed by atoms with E-state index in [9.17, 15) is 14.9 Å². The van der Waals surface area contributed by atoms with E-state index in [4.69, 9.17) is 23.7 Å². The molecule has 0 aromatic heterocycles. The summed E-state index contributed by atoms with van der Waals surface area (Å²) in [4.78, 5) is 22.3. The van der Waals surface area contributed by atoms with Crippen LogP contribution in [0.3, 0.4) is 0 Å². The highest BCUT2D eigenvalue weighted by Gasteiger charge is 2.17. The van der Waals surface area contributed by atoms with Crippen LogP contribution in [0.15, 0.2) is 84.9 Å². The van der Waals surface area contributed by atoms with Gasteiger partial charge in [0.2, 0.25) is 0 Å². The summed E-state index contributed by atoms with van der Waals surface area (Å²) >= 11 is 0. The highest BCUT2D eigenvalue weighted by atomic mass is 16.6. The molecule has 0 unspecified atom stereocenters. The molecule has 0 saturated heterocycles. The second-order valence-electron chi connectivity index (χ2n) is 8.41. The van der Waals surface area contributed by atoms with Gasteiger partial charge >= 0.3 is 0 Å². The monoisotopic (exact) mass is 529 g/mol. The van der Waals surface area contributed by atoms with Crippen molar-refractivity contribution in [2.45, 2.75) is 19.8 Å². The summed E-state index contributed by atoms with van der Waals surface area (Å²) in [6.07, 6.45) is 0.681. The molecule has 0 radical (unpaired) electrons. The smallest absolute Gasteiger partial charge is 0.276 e. The number of nitrogens with zero attached hydrogens (tertiary/aromatic N) is 1. The molecule has 0 aliphatic rings. The van der Waals surface area contributed by atoms with Crippen LogP contribution in [0.2, 0.25) is 0 Å². The van der Waals surface area contributed by atoms with Gasteiger partial charge < -0.3 is 23.7 Å². The highest BCUT2D eigenvalue weighted by molar-refractivity contribution is 5.76. The van der Waals surface area contributed by atoms with E-state index in [1.54, 1.807) is 31.4 Å². The molecule has 0 aliphatic heterocycles. The first-order chi connectivity index (χ1) is 19.0. The van der Waals surface area contributed by atoms with Gasteiger partial charge in [-0.05, 0) is 53.6 Å². The molecule has 0 heterocycles. The van der Waals surface area contributed by atoms with Gasteiger partial charge in [0.05, 0.1) is 24.7 Å². The maximum absolute atomic E-state index is 11.6. The minimum Gasteiger partial charge on any atom is -0.493 e. The Kier molecular flexibility index (Phi) is 8.97. The standard InChI is InChI=1S/C30H27NO8/c1-35-27-12-8-22(17-32)14-29(27)39-20-24-16-25(10-11-26(24)31(33)34)37-19-23-9-13-28(36-2)30(15-23)38-18-21-6-4-3-5-7-21/h3-17H,18-20H2,1-2H3. The van der Waals surface area contributed by atoms with Crippen molar-refractivity contribution in [1.82, 2.24) is 0 Å². The van der Waals surface area contributed by atoms with Gasteiger partial charge in [-0.2, -0.15) is 0 Å². The molecule has 4 rings (SSSR count). The Morgan fingerprint density at radius 2 is 1.36 bits per heavy atom. The van der Waals surface area contributed by atoms with Gasteiger partial charge in [-0.3, -0.25) is 14.9 Å². The lowest BCUT2D eigenvalue weighted by Crippen LogP contribution is -2.04. The Morgan fingerprint density at radius 1 is 0.692 bits per heavy atom. The third kappa shape index (κ3) is 7.04. The van der Waals surface area contributed by atoms with Crippen LogP contribution in [0.25, 0.3) is 0 Å². The summed E-state index contributed by atoms with van der Waals surface area (Å²) in [5.74, 6) is 2.30. The van der Waals surface area contributed by atoms with Crippen LogP contribution in [0.4, 0.5) is 5.69 Å². The number of rotatable bonds is 13. The van der Waals surface area contributed by atoms with Crippen molar-refractivity contribution in [1.29, 1.82) is 0 Å². The summed E-state index contributed by atoms with van der Waals surface area (Å²) in [7, 11) is 3.04. The zero-order valence-electron chi connectivity index (χ0n) is 21.5. The Bertz CT molecular complexity index is 1440. The number of methoxy groups -OCH3 is 2. The van der Waals surface area contributed by atoms with Crippen LogP contribution < -0.4 is 23.7 Å². The van der Waals surface area contributed by atoms with Crippen LogP contribution in [0.1, 0.15) is 27.0 Å². The van der Waals surface area contributed by atoms with Gasteiger partial charge in [-0.15, -0.1) is 0 Å². The number of nitro benzene ring substituents is 1. The lowest BCUT2D eigenvalue weighted by Gasteiger charge is -2.14. The Balaban J connectivity index is 1.48. The van der Waals surface area contributed by atoms with Crippen molar-refractivity contribution in [2.75, 3.05) is 14.2 Å². The molecule has 0 fully saturated rings. The van der Waals surface area contributed by atoms with Crippen LogP contribution in [0, 0.1) is 10.1 Å². The quantitative estimate of drug-likeness (QED) is 0.115. The number of carbonyl (C=O) groups excluding carboxylic acids is 1. The number of nitro groups is 1. The van der Waals surface area contributed by atoms with Crippen molar-refractivity contribution in [3.05, 3.63) is 117 Å². The van der Waals surface area contributed by atoms with E-state index < -0.39 is 4.92 Å². The van der Waals surface area contributed by atoms with Gasteiger partial charge in [0.15, 0.2) is 23.0 Å². The highest BCUT2D eigenvalue weighted by Crippen LogP contribution is 2.32. The number of benzene rings is 4. The molecular formula is C30H27NO8. The third-order valence-electron chi connectivity index (χ3n) is 5.83. The van der Waals surface area contributed by atoms with Crippen LogP contribution in [-0.4, -0.2) is 25.4 Å². The molecule has 4 aromatic carbocycles. The SMILES string of the molecule is COc1ccc(COc2ccc([N+](=O)[O-])c(COc3cc(C=O)ccc3OC)c2)cc1OCc1ccccc1. The van der Waals surface area contributed by atoms with Crippen molar-refractivity contribution < 1.29 is 33.4 Å². The van der Waals surface area contributed by atoms with Crippen molar-refractivity contribution in [2.24, 2.45) is 0 Å². The molecule has 9 nitrogen and oxygen atoms in total. The number of ether oxygens (including phenoxy) is 5. The van der Waals surface area contributed by atoms with Gasteiger partial charge in [-0.1, -0.05) is 36.4 Å². The topological polar surface area (TPSA) is 106 Å². The van der Waals surface area contributed by atoms with E-state index in [2.05, 4.69) is 0 Å². The van der Waals surface area contributed by atoms with Crippen LogP contribution >= 0.6 is 0 Å². The summed E-state index contributed by atoms with van der Waals surface area (Å²) < 4.78 is 28.4. The van der Waals surface area contributed by atoms with E-state index in [-0.39, 0.29) is 18.9 Å². The Hall–Kier alpha value is -5.05. The van der Waals surface area contributed by atoms with E-state index >= 15 is 0 Å². The van der Waals surface area contributed by atoms with Crippen LogP contribution in [0.5, 0.6) is 28.7 Å². The second kappa shape index (κ2) is 13.0. The molecule has 9 heteroatoms. The first-order valence-corrected chi connectivity index (χ1v) is 12.0. The summed E-state index contributed by atoms with van der Waals surface area (Å²) in [5, 5.41) is 11.6. The molecule has 4 aromatic rings. The lowest BCUT2D eigenvalue weighted by atomic mass is 10.1. The average molecular weight is 530 g/mol. The normalized spacial score (nSPS) is 10.4. The zero-order chi connectivity index (χ0) is 27.6. The summed E-state index contributed by atoms with van der Waals surface area (Å²) in [6.45, 7) is 0.443. The number of hydrogen-bond acceptors (Lipinski definition) is 8. The lowest BCUT2D eigenvalue weighted by molar-refractivity contribution is -0.385. The van der Waals surface area contributed by atoms with E-state index in [0.29, 0.717) is 52.8 Å². The van der Waals surface area contributed by atoms with Gasteiger partial charge in [-0.25, -0.2) is 0 Å². The maximum atomic E-state index is 11.6. The molecule has 0 spiro atoms. The van der Waals surface area contributed by atoms with E-state index in [1.807, 2.05) is 42.5 Å². The minimum absolute atomic E-state index is 0.117. The average Bonchev–Trinajstić information content (AvgIpc) is 2.98. The Morgan fingerprint density at radius 3 is 2.05 bits per heavy atom. The van der Waals surface area contributed by atoms with Crippen molar-refractivity contribution in [3.8, 4) is 28.7 Å². The number of hydrogen-bond donors (Lipinski definition) is 0. The van der Waals surface area contributed by atoms with E-state index in [0.717, 1.165) is 11.1 Å². The van der Waals surface area contributed by atoms with Gasteiger partial charge in [0, 0.05) is 11.6 Å². The summed E-state index contributed by atoms with van der Waals surface area (Å²) in [6, 6.07) is 24.4. The second-order valence-corrected chi connectivity index (χ2v) is 8.41. The minimum atomic E-state index is -0.485. The van der Waals surface area contributed by atoms with Crippen molar-refractivity contribution >= 4 is 12.0 Å². The number of aldehydes is 1. The molecule has 0 saturated carbocycles. The molecule has 0 amide bonds. The number of carbonyl (C=O) groups is 1.